The van der Waals surface area contributed by atoms with Crippen molar-refractivity contribution in [3.8, 4) is 11.1 Å². The fourth-order valence-electron chi connectivity index (χ4n) is 4.15. The standard InChI is InChI=1S/C24H27ClN2O5/c1-27-15-18(25)14-19(21(27)28)17-7-5-16(6-8-17)13-20(22(29)30)26-23(31)24(11-12-32-2)9-3-4-10-24/h5-8,13-15H,3-4,9-12H2,1-2H3,(H,26,31)(H,29,30)/b20-13-. The lowest BCUT2D eigenvalue weighted by molar-refractivity contribution is -0.137. The van der Waals surface area contributed by atoms with Crippen molar-refractivity contribution in [2.45, 2.75) is 32.1 Å². The molecular weight excluding hydrogens is 432 g/mol. The molecule has 32 heavy (non-hydrogen) atoms. The van der Waals surface area contributed by atoms with Crippen molar-refractivity contribution >= 4 is 29.6 Å². The van der Waals surface area contributed by atoms with E-state index in [1.165, 1.54) is 16.8 Å². The summed E-state index contributed by atoms with van der Waals surface area (Å²) in [4.78, 5) is 37.2. The molecular formula is C24H27ClN2O5. The van der Waals surface area contributed by atoms with E-state index in [-0.39, 0.29) is 17.2 Å². The number of carboxylic acid groups (broad SMARTS) is 1. The Labute approximate surface area is 191 Å². The fourth-order valence-corrected chi connectivity index (χ4v) is 4.40. The number of carbonyl (C=O) groups is 2. The minimum absolute atomic E-state index is 0.186. The molecule has 0 radical (unpaired) electrons. The molecule has 1 aliphatic carbocycles. The first-order chi connectivity index (χ1) is 15.3. The highest BCUT2D eigenvalue weighted by molar-refractivity contribution is 6.30. The molecule has 1 aromatic carbocycles. The van der Waals surface area contributed by atoms with E-state index in [9.17, 15) is 19.5 Å². The van der Waals surface area contributed by atoms with Crippen molar-refractivity contribution in [2.75, 3.05) is 13.7 Å². The molecule has 2 aromatic rings. The van der Waals surface area contributed by atoms with Gasteiger partial charge in [0.1, 0.15) is 5.70 Å². The molecule has 0 spiro atoms. The van der Waals surface area contributed by atoms with E-state index in [1.807, 2.05) is 0 Å². The van der Waals surface area contributed by atoms with Crippen LogP contribution in [-0.2, 0) is 21.4 Å². The van der Waals surface area contributed by atoms with Gasteiger partial charge in [-0.2, -0.15) is 0 Å². The lowest BCUT2D eigenvalue weighted by Gasteiger charge is -2.27. The largest absolute Gasteiger partial charge is 0.477 e. The molecule has 3 rings (SSSR count). The SMILES string of the molecule is COCCC1(C(=O)N/C(=C\c2ccc(-c3cc(Cl)cn(C)c3=O)cc2)C(=O)O)CCCC1. The molecule has 0 unspecified atom stereocenters. The van der Waals surface area contributed by atoms with Crippen molar-refractivity contribution in [1.82, 2.24) is 9.88 Å². The van der Waals surface area contributed by atoms with Crippen LogP contribution in [0.4, 0.5) is 0 Å². The van der Waals surface area contributed by atoms with Gasteiger partial charge in [-0.05, 0) is 42.5 Å². The molecule has 0 atom stereocenters. The summed E-state index contributed by atoms with van der Waals surface area (Å²) in [7, 11) is 3.21. The van der Waals surface area contributed by atoms with Crippen LogP contribution in [0.5, 0.6) is 0 Å². The van der Waals surface area contributed by atoms with E-state index in [2.05, 4.69) is 5.32 Å². The molecule has 1 aromatic heterocycles. The van der Waals surface area contributed by atoms with Gasteiger partial charge < -0.3 is 19.7 Å². The molecule has 1 aliphatic rings. The smallest absolute Gasteiger partial charge is 0.352 e. The second-order valence-corrected chi connectivity index (χ2v) is 8.59. The third kappa shape index (κ3) is 5.29. The van der Waals surface area contributed by atoms with Gasteiger partial charge in [0.25, 0.3) is 5.56 Å². The lowest BCUT2D eigenvalue weighted by Crippen LogP contribution is -2.41. The average Bonchev–Trinajstić information content (AvgIpc) is 3.25. The maximum absolute atomic E-state index is 13.0. The highest BCUT2D eigenvalue weighted by atomic mass is 35.5. The zero-order valence-corrected chi connectivity index (χ0v) is 18.9. The molecule has 8 heteroatoms. The minimum atomic E-state index is -1.22. The van der Waals surface area contributed by atoms with Crippen LogP contribution in [0.3, 0.4) is 0 Å². The van der Waals surface area contributed by atoms with E-state index < -0.39 is 11.4 Å². The van der Waals surface area contributed by atoms with Crippen LogP contribution in [0.15, 0.2) is 47.0 Å². The second-order valence-electron chi connectivity index (χ2n) is 8.16. The third-order valence-electron chi connectivity index (χ3n) is 5.99. The number of nitrogens with one attached hydrogen (secondary N) is 1. The first kappa shape index (κ1) is 23.8. The first-order valence-corrected chi connectivity index (χ1v) is 10.9. The second kappa shape index (κ2) is 10.1. The zero-order chi connectivity index (χ0) is 23.3. The highest BCUT2D eigenvalue weighted by Gasteiger charge is 2.41. The van der Waals surface area contributed by atoms with Crippen LogP contribution < -0.4 is 10.9 Å². The maximum atomic E-state index is 13.0. The Kier molecular flexibility index (Phi) is 7.53. The normalized spacial score (nSPS) is 15.5. The number of carbonyl (C=O) groups excluding carboxylic acids is 1. The molecule has 7 nitrogen and oxygen atoms in total. The average molecular weight is 459 g/mol. The molecule has 1 fully saturated rings. The summed E-state index contributed by atoms with van der Waals surface area (Å²) in [6, 6.07) is 8.43. The van der Waals surface area contributed by atoms with E-state index >= 15 is 0 Å². The summed E-state index contributed by atoms with van der Waals surface area (Å²) in [5, 5.41) is 12.7. The number of ether oxygens (including phenoxy) is 1. The van der Waals surface area contributed by atoms with Crippen LogP contribution in [0.25, 0.3) is 17.2 Å². The van der Waals surface area contributed by atoms with Crippen molar-refractivity contribution in [1.29, 1.82) is 0 Å². The molecule has 1 saturated carbocycles. The summed E-state index contributed by atoms with van der Waals surface area (Å²) in [5.41, 5.74) is 0.724. The number of benzene rings is 1. The minimum Gasteiger partial charge on any atom is -0.477 e. The first-order valence-electron chi connectivity index (χ1n) is 10.5. The van der Waals surface area contributed by atoms with Crippen LogP contribution in [-0.4, -0.2) is 35.3 Å². The van der Waals surface area contributed by atoms with Gasteiger partial charge in [-0.25, -0.2) is 4.79 Å². The van der Waals surface area contributed by atoms with Gasteiger partial charge in [-0.3, -0.25) is 9.59 Å². The topological polar surface area (TPSA) is 97.6 Å². The number of rotatable bonds is 8. The van der Waals surface area contributed by atoms with Gasteiger partial charge in [0.15, 0.2) is 0 Å². The van der Waals surface area contributed by atoms with E-state index in [4.69, 9.17) is 16.3 Å². The van der Waals surface area contributed by atoms with Crippen LogP contribution in [0.1, 0.15) is 37.7 Å². The van der Waals surface area contributed by atoms with Crippen molar-refractivity contribution in [2.24, 2.45) is 12.5 Å². The molecule has 0 bridgehead atoms. The Morgan fingerprint density at radius 1 is 1.25 bits per heavy atom. The number of carboxylic acids is 1. The van der Waals surface area contributed by atoms with Crippen molar-refractivity contribution in [3.05, 3.63) is 63.2 Å². The Morgan fingerprint density at radius 3 is 2.50 bits per heavy atom. The predicted octanol–water partition coefficient (Wildman–Crippen LogP) is 3.84. The molecule has 2 N–H and O–H groups in total. The number of aromatic nitrogens is 1. The number of methoxy groups -OCH3 is 1. The van der Waals surface area contributed by atoms with Gasteiger partial charge in [0.05, 0.1) is 10.4 Å². The van der Waals surface area contributed by atoms with Crippen LogP contribution in [0, 0.1) is 5.41 Å². The summed E-state index contributed by atoms with van der Waals surface area (Å²) < 4.78 is 6.56. The van der Waals surface area contributed by atoms with E-state index in [1.54, 1.807) is 44.5 Å². The molecule has 0 saturated heterocycles. The molecule has 1 heterocycles. The number of pyridine rings is 1. The zero-order valence-electron chi connectivity index (χ0n) is 18.2. The molecule has 0 aliphatic heterocycles. The fraction of sp³-hybridized carbons (Fsp3) is 0.375. The summed E-state index contributed by atoms with van der Waals surface area (Å²) in [5.74, 6) is -1.49. The highest BCUT2D eigenvalue weighted by Crippen LogP contribution is 2.41. The maximum Gasteiger partial charge on any atom is 0.352 e. The number of aryl methyl sites for hydroxylation is 1. The number of amides is 1. The van der Waals surface area contributed by atoms with Gasteiger partial charge >= 0.3 is 5.97 Å². The Morgan fingerprint density at radius 2 is 1.91 bits per heavy atom. The number of hydrogen-bond acceptors (Lipinski definition) is 4. The molecule has 1 amide bonds. The van der Waals surface area contributed by atoms with Crippen molar-refractivity contribution in [3.63, 3.8) is 0 Å². The number of nitrogens with zero attached hydrogens (tertiary/aromatic N) is 1. The van der Waals surface area contributed by atoms with Crippen LogP contribution >= 0.6 is 11.6 Å². The van der Waals surface area contributed by atoms with Gasteiger partial charge in [-0.1, -0.05) is 48.7 Å². The monoisotopic (exact) mass is 458 g/mol. The summed E-state index contributed by atoms with van der Waals surface area (Å²) >= 11 is 6.07. The number of halogens is 1. The van der Waals surface area contributed by atoms with E-state index in [0.717, 1.165) is 25.7 Å². The summed E-state index contributed by atoms with van der Waals surface area (Å²) in [6.45, 7) is 0.448. The van der Waals surface area contributed by atoms with Gasteiger partial charge in [0.2, 0.25) is 5.91 Å². The summed E-state index contributed by atoms with van der Waals surface area (Å²) in [6.07, 6.45) is 6.83. The Hall–Kier alpha value is -2.90. The van der Waals surface area contributed by atoms with Gasteiger partial charge in [0, 0.05) is 32.5 Å². The number of hydrogen-bond donors (Lipinski definition) is 2. The number of aliphatic carboxylic acids is 1. The van der Waals surface area contributed by atoms with Crippen LogP contribution in [0.2, 0.25) is 5.02 Å². The van der Waals surface area contributed by atoms with Crippen molar-refractivity contribution < 1.29 is 19.4 Å². The van der Waals surface area contributed by atoms with E-state index in [0.29, 0.717) is 34.7 Å². The molecule has 170 valence electrons. The predicted molar refractivity (Wildman–Crippen MR) is 123 cm³/mol. The third-order valence-corrected chi connectivity index (χ3v) is 6.20. The van der Waals surface area contributed by atoms with Gasteiger partial charge in [-0.15, -0.1) is 0 Å². The Bertz CT molecular complexity index is 1080. The Balaban J connectivity index is 1.84. The quantitative estimate of drug-likeness (QED) is 0.585. The lowest BCUT2D eigenvalue weighted by atomic mass is 9.82.